The van der Waals surface area contributed by atoms with Crippen LogP contribution >= 0.6 is 0 Å². The smallest absolute Gasteiger partial charge is 0.158 e. The van der Waals surface area contributed by atoms with Crippen molar-refractivity contribution in [1.29, 1.82) is 0 Å². The van der Waals surface area contributed by atoms with Crippen LogP contribution in [0, 0.1) is 34.5 Å². The van der Waals surface area contributed by atoms with E-state index in [0.717, 1.165) is 19.3 Å². The second kappa shape index (κ2) is 8.70. The fourth-order valence-corrected chi connectivity index (χ4v) is 7.89. The summed E-state index contributed by atoms with van der Waals surface area (Å²) in [4.78, 5) is 13.4. The summed E-state index contributed by atoms with van der Waals surface area (Å²) in [6.45, 7) is 8.62. The number of hydrogen-bond donors (Lipinski definition) is 0. The highest BCUT2D eigenvalue weighted by molar-refractivity contribution is 5.83. The number of hydrogen-bond acceptors (Lipinski definition) is 4. The first-order valence-corrected chi connectivity index (χ1v) is 12.6. The molecule has 0 spiro atoms. The molecule has 0 aromatic heterocycles. The first-order valence-electron chi connectivity index (χ1n) is 12.6. The van der Waals surface area contributed by atoms with Crippen molar-refractivity contribution in [3.8, 4) is 0 Å². The van der Waals surface area contributed by atoms with Gasteiger partial charge in [0.05, 0.1) is 19.3 Å². The van der Waals surface area contributed by atoms with Gasteiger partial charge in [0.15, 0.2) is 6.29 Å². The van der Waals surface area contributed by atoms with Gasteiger partial charge in [-0.15, -0.1) is 0 Å². The van der Waals surface area contributed by atoms with E-state index in [1.807, 2.05) is 13.0 Å². The van der Waals surface area contributed by atoms with E-state index in [2.05, 4.69) is 50.3 Å². The number of fused-ring (bicyclic) bond motifs is 2. The van der Waals surface area contributed by atoms with Crippen LogP contribution in [-0.4, -0.2) is 31.4 Å². The van der Waals surface area contributed by atoms with E-state index < -0.39 is 0 Å². The monoisotopic (exact) mass is 438 g/mol. The van der Waals surface area contributed by atoms with E-state index in [4.69, 9.17) is 14.2 Å². The molecule has 1 heterocycles. The standard InChI is InChI=1S/C28H38O4/c1-4-31-26-16-22-23(29)12-13-24-27(3)14-8-9-19(2)21(27)15-25(32-26)28(22,24)18-30-17-20-10-6-5-7-11-20/h5-11,19,21-22,24-26H,4,12-18H2,1-3H3/t19-,21+,22+,24-,25-,26+,27+,28+/m1/s1. The SMILES string of the molecule is CCO[C@@H]1C[C@H]2C(=O)CC[C@@H]3[C@@]4(C)CC=C[C@@H](C)[C@@H]4C[C@@H](O1)[C@]32COCc1ccccc1. The molecule has 0 bridgehead atoms. The highest BCUT2D eigenvalue weighted by Gasteiger charge is 2.68. The third kappa shape index (κ3) is 3.50. The normalized spacial score (nSPS) is 42.9. The summed E-state index contributed by atoms with van der Waals surface area (Å²) < 4.78 is 19.1. The van der Waals surface area contributed by atoms with Crippen LogP contribution in [0.25, 0.3) is 0 Å². The molecule has 3 aliphatic carbocycles. The van der Waals surface area contributed by atoms with Crippen LogP contribution in [-0.2, 0) is 25.6 Å². The number of ether oxygens (including phenoxy) is 3. The number of ketones is 1. The van der Waals surface area contributed by atoms with Gasteiger partial charge in [-0.1, -0.05) is 56.3 Å². The van der Waals surface area contributed by atoms with Crippen LogP contribution in [0.2, 0.25) is 0 Å². The predicted octanol–water partition coefficient (Wildman–Crippen LogP) is 5.56. The zero-order chi connectivity index (χ0) is 22.3. The second-order valence-electron chi connectivity index (χ2n) is 10.8. The Morgan fingerprint density at radius 3 is 2.78 bits per heavy atom. The molecule has 1 aliphatic heterocycles. The van der Waals surface area contributed by atoms with Gasteiger partial charge in [0.1, 0.15) is 5.78 Å². The highest BCUT2D eigenvalue weighted by Crippen LogP contribution is 2.67. The lowest BCUT2D eigenvalue weighted by molar-refractivity contribution is -0.310. The Labute approximate surface area is 192 Å². The van der Waals surface area contributed by atoms with E-state index in [1.165, 1.54) is 5.56 Å². The van der Waals surface area contributed by atoms with Crippen molar-refractivity contribution >= 4 is 5.78 Å². The Balaban J connectivity index is 1.51. The lowest BCUT2D eigenvalue weighted by Gasteiger charge is -2.67. The van der Waals surface area contributed by atoms with Crippen molar-refractivity contribution in [2.75, 3.05) is 13.2 Å². The molecule has 3 fully saturated rings. The van der Waals surface area contributed by atoms with E-state index >= 15 is 0 Å². The zero-order valence-corrected chi connectivity index (χ0v) is 19.8. The molecule has 4 nitrogen and oxygen atoms in total. The summed E-state index contributed by atoms with van der Waals surface area (Å²) in [5, 5.41) is 0. The van der Waals surface area contributed by atoms with Gasteiger partial charge < -0.3 is 14.2 Å². The van der Waals surface area contributed by atoms with E-state index in [1.54, 1.807) is 0 Å². The number of rotatable bonds is 6. The molecule has 4 aliphatic rings. The lowest BCUT2D eigenvalue weighted by Crippen LogP contribution is -2.69. The molecule has 8 atom stereocenters. The molecule has 0 radical (unpaired) electrons. The van der Waals surface area contributed by atoms with Gasteiger partial charge in [0, 0.05) is 30.8 Å². The average molecular weight is 439 g/mol. The zero-order valence-electron chi connectivity index (χ0n) is 19.8. The highest BCUT2D eigenvalue weighted by atomic mass is 16.7. The maximum absolute atomic E-state index is 13.4. The van der Waals surface area contributed by atoms with Crippen LogP contribution < -0.4 is 0 Å². The molecule has 1 aromatic rings. The molecule has 0 amide bonds. The molecule has 1 saturated heterocycles. The number of Topliss-reactive ketones (excluding diaryl/α,β-unsaturated/α-hetero) is 1. The van der Waals surface area contributed by atoms with Crippen molar-refractivity contribution in [2.45, 2.75) is 71.9 Å². The minimum atomic E-state index is -0.279. The molecule has 5 rings (SSSR count). The summed E-state index contributed by atoms with van der Waals surface area (Å²) in [5.41, 5.74) is 1.10. The summed E-state index contributed by atoms with van der Waals surface area (Å²) >= 11 is 0. The third-order valence-corrected chi connectivity index (χ3v) is 9.27. The Morgan fingerprint density at radius 2 is 2.00 bits per heavy atom. The van der Waals surface area contributed by atoms with Gasteiger partial charge in [0.2, 0.25) is 0 Å². The lowest BCUT2D eigenvalue weighted by atomic mass is 9.40. The van der Waals surface area contributed by atoms with E-state index in [9.17, 15) is 4.79 Å². The maximum Gasteiger partial charge on any atom is 0.158 e. The van der Waals surface area contributed by atoms with Crippen LogP contribution in [0.15, 0.2) is 42.5 Å². The molecule has 0 unspecified atom stereocenters. The van der Waals surface area contributed by atoms with E-state index in [-0.39, 0.29) is 29.1 Å². The molecule has 174 valence electrons. The van der Waals surface area contributed by atoms with Crippen molar-refractivity contribution in [3.63, 3.8) is 0 Å². The third-order valence-electron chi connectivity index (χ3n) is 9.27. The summed E-state index contributed by atoms with van der Waals surface area (Å²) in [7, 11) is 0. The summed E-state index contributed by atoms with van der Waals surface area (Å²) in [6.07, 6.45) is 8.89. The predicted molar refractivity (Wildman–Crippen MR) is 124 cm³/mol. The van der Waals surface area contributed by atoms with Crippen molar-refractivity contribution in [2.24, 2.45) is 34.5 Å². The fourth-order valence-electron chi connectivity index (χ4n) is 7.89. The maximum atomic E-state index is 13.4. The summed E-state index contributed by atoms with van der Waals surface area (Å²) in [5.74, 6) is 1.88. The molecule has 2 saturated carbocycles. The van der Waals surface area contributed by atoms with Crippen molar-refractivity contribution in [3.05, 3.63) is 48.0 Å². The molecule has 0 N–H and O–H groups in total. The first-order chi connectivity index (χ1) is 15.5. The van der Waals surface area contributed by atoms with Crippen LogP contribution in [0.5, 0.6) is 0 Å². The van der Waals surface area contributed by atoms with Crippen molar-refractivity contribution < 1.29 is 19.0 Å². The van der Waals surface area contributed by atoms with Gasteiger partial charge >= 0.3 is 0 Å². The van der Waals surface area contributed by atoms with E-state index in [0.29, 0.717) is 56.2 Å². The quantitative estimate of drug-likeness (QED) is 0.546. The Kier molecular flexibility index (Phi) is 6.06. The summed E-state index contributed by atoms with van der Waals surface area (Å²) in [6, 6.07) is 10.3. The van der Waals surface area contributed by atoms with Crippen LogP contribution in [0.1, 0.15) is 58.4 Å². The number of carbonyl (C=O) groups is 1. The first kappa shape index (κ1) is 22.3. The van der Waals surface area contributed by atoms with Crippen LogP contribution in [0.3, 0.4) is 0 Å². The second-order valence-corrected chi connectivity index (χ2v) is 10.8. The number of carbonyl (C=O) groups excluding carboxylic acids is 1. The van der Waals surface area contributed by atoms with Crippen molar-refractivity contribution in [1.82, 2.24) is 0 Å². The fraction of sp³-hybridized carbons (Fsp3) is 0.679. The topological polar surface area (TPSA) is 44.8 Å². The van der Waals surface area contributed by atoms with Gasteiger partial charge in [-0.05, 0) is 54.9 Å². The Morgan fingerprint density at radius 1 is 1.19 bits per heavy atom. The largest absolute Gasteiger partial charge is 0.376 e. The Hall–Kier alpha value is -1.49. The van der Waals surface area contributed by atoms with Crippen LogP contribution in [0.4, 0.5) is 0 Å². The number of allylic oxidation sites excluding steroid dienone is 2. The minimum absolute atomic E-state index is 0.00912. The molecule has 4 heteroatoms. The average Bonchev–Trinajstić information content (AvgIpc) is 2.78. The number of benzene rings is 1. The van der Waals surface area contributed by atoms with Gasteiger partial charge in [0.25, 0.3) is 0 Å². The molecule has 1 aromatic carbocycles. The molecular formula is C28H38O4. The molecular weight excluding hydrogens is 400 g/mol. The van der Waals surface area contributed by atoms with Gasteiger partial charge in [-0.3, -0.25) is 4.79 Å². The minimum Gasteiger partial charge on any atom is -0.376 e. The van der Waals surface area contributed by atoms with Gasteiger partial charge in [-0.2, -0.15) is 0 Å². The Bertz CT molecular complexity index is 850. The molecule has 32 heavy (non-hydrogen) atoms. The van der Waals surface area contributed by atoms with Gasteiger partial charge in [-0.25, -0.2) is 0 Å².